The molecule has 0 aliphatic heterocycles. The molecule has 1 aromatic heterocycles. The number of hydrogen-bond acceptors (Lipinski definition) is 3. The third-order valence-electron chi connectivity index (χ3n) is 2.87. The van der Waals surface area contributed by atoms with E-state index in [4.69, 9.17) is 5.73 Å². The first kappa shape index (κ1) is 9.40. The summed E-state index contributed by atoms with van der Waals surface area (Å²) < 4.78 is 1.65. The molecule has 0 radical (unpaired) electrons. The number of nitrogens with zero attached hydrogens (tertiary/aromatic N) is 2. The number of Topliss-reactive ketones (excluding diaryl/α,β-unsaturated/α-hetero) is 1. The Morgan fingerprint density at radius 2 is 2.43 bits per heavy atom. The van der Waals surface area contributed by atoms with Crippen molar-refractivity contribution in [3.8, 4) is 0 Å². The van der Waals surface area contributed by atoms with Gasteiger partial charge >= 0.3 is 0 Å². The summed E-state index contributed by atoms with van der Waals surface area (Å²) in [6.07, 6.45) is 4.72. The van der Waals surface area contributed by atoms with Crippen LogP contribution in [0.15, 0.2) is 12.3 Å². The number of carbonyl (C=O) groups is 1. The van der Waals surface area contributed by atoms with Crippen LogP contribution < -0.4 is 5.73 Å². The average Bonchev–Trinajstić information content (AvgIpc) is 2.73. The Morgan fingerprint density at radius 1 is 1.64 bits per heavy atom. The number of aromatic nitrogens is 2. The van der Waals surface area contributed by atoms with E-state index in [1.807, 2.05) is 7.05 Å². The Morgan fingerprint density at radius 3 is 2.93 bits per heavy atom. The van der Waals surface area contributed by atoms with E-state index in [-0.39, 0.29) is 17.7 Å². The summed E-state index contributed by atoms with van der Waals surface area (Å²) >= 11 is 0. The van der Waals surface area contributed by atoms with Gasteiger partial charge in [-0.1, -0.05) is 6.42 Å². The van der Waals surface area contributed by atoms with Crippen molar-refractivity contribution in [1.29, 1.82) is 0 Å². The van der Waals surface area contributed by atoms with Gasteiger partial charge in [-0.3, -0.25) is 9.48 Å². The molecule has 2 atom stereocenters. The second-order valence-electron chi connectivity index (χ2n) is 3.94. The van der Waals surface area contributed by atoms with E-state index >= 15 is 0 Å². The van der Waals surface area contributed by atoms with Crippen molar-refractivity contribution in [2.75, 3.05) is 0 Å². The summed E-state index contributed by atoms with van der Waals surface area (Å²) in [5.74, 6) is 0.0977. The lowest BCUT2D eigenvalue weighted by Gasteiger charge is -2.11. The molecule has 4 nitrogen and oxygen atoms in total. The highest BCUT2D eigenvalue weighted by Gasteiger charge is 2.31. The van der Waals surface area contributed by atoms with Gasteiger partial charge in [0.25, 0.3) is 0 Å². The quantitative estimate of drug-likeness (QED) is 0.704. The third kappa shape index (κ3) is 1.57. The van der Waals surface area contributed by atoms with Gasteiger partial charge in [-0.2, -0.15) is 5.10 Å². The van der Waals surface area contributed by atoms with Gasteiger partial charge in [-0.15, -0.1) is 0 Å². The van der Waals surface area contributed by atoms with E-state index in [1.165, 1.54) is 0 Å². The number of carbonyl (C=O) groups excluding carboxylic acids is 1. The van der Waals surface area contributed by atoms with Crippen LogP contribution >= 0.6 is 0 Å². The predicted molar refractivity (Wildman–Crippen MR) is 52.9 cm³/mol. The summed E-state index contributed by atoms with van der Waals surface area (Å²) in [5, 5.41) is 4.10. The third-order valence-corrected chi connectivity index (χ3v) is 2.87. The van der Waals surface area contributed by atoms with Crippen molar-refractivity contribution in [2.24, 2.45) is 18.7 Å². The van der Waals surface area contributed by atoms with Gasteiger partial charge < -0.3 is 5.73 Å². The maximum absolute atomic E-state index is 11.9. The lowest BCUT2D eigenvalue weighted by atomic mass is 9.97. The summed E-state index contributed by atoms with van der Waals surface area (Å²) in [4.78, 5) is 11.9. The molecular weight excluding hydrogens is 178 g/mol. The zero-order chi connectivity index (χ0) is 10.1. The van der Waals surface area contributed by atoms with Gasteiger partial charge in [0.1, 0.15) is 5.69 Å². The molecule has 2 rings (SSSR count). The van der Waals surface area contributed by atoms with E-state index in [2.05, 4.69) is 5.10 Å². The molecule has 0 bridgehead atoms. The fourth-order valence-electron chi connectivity index (χ4n) is 2.05. The first-order valence-corrected chi connectivity index (χ1v) is 4.98. The van der Waals surface area contributed by atoms with E-state index < -0.39 is 0 Å². The van der Waals surface area contributed by atoms with Crippen LogP contribution in [0.4, 0.5) is 0 Å². The van der Waals surface area contributed by atoms with Crippen LogP contribution in [0.3, 0.4) is 0 Å². The van der Waals surface area contributed by atoms with E-state index in [1.54, 1.807) is 16.9 Å². The SMILES string of the molecule is Cn1ccc(C(=O)C2CCCC2N)n1. The number of hydrogen-bond donors (Lipinski definition) is 1. The molecule has 2 unspecified atom stereocenters. The summed E-state index contributed by atoms with van der Waals surface area (Å²) in [5.41, 5.74) is 6.42. The first-order valence-electron chi connectivity index (χ1n) is 4.98. The van der Waals surface area contributed by atoms with Gasteiger partial charge in [0.05, 0.1) is 0 Å². The van der Waals surface area contributed by atoms with Gasteiger partial charge in [-0.05, 0) is 18.9 Å². The zero-order valence-corrected chi connectivity index (χ0v) is 8.31. The smallest absolute Gasteiger partial charge is 0.187 e. The van der Waals surface area contributed by atoms with Crippen molar-refractivity contribution in [1.82, 2.24) is 9.78 Å². The van der Waals surface area contributed by atoms with Crippen molar-refractivity contribution in [3.63, 3.8) is 0 Å². The molecular formula is C10H15N3O. The van der Waals surface area contributed by atoms with E-state index in [0.29, 0.717) is 5.69 Å². The highest BCUT2D eigenvalue weighted by atomic mass is 16.1. The van der Waals surface area contributed by atoms with Crippen molar-refractivity contribution in [2.45, 2.75) is 25.3 Å². The second-order valence-corrected chi connectivity index (χ2v) is 3.94. The van der Waals surface area contributed by atoms with Crippen LogP contribution in [0.1, 0.15) is 29.8 Å². The minimum Gasteiger partial charge on any atom is -0.327 e. The van der Waals surface area contributed by atoms with Crippen LogP contribution in [0.2, 0.25) is 0 Å². The number of aryl methyl sites for hydroxylation is 1. The fraction of sp³-hybridized carbons (Fsp3) is 0.600. The van der Waals surface area contributed by atoms with E-state index in [9.17, 15) is 4.79 Å². The average molecular weight is 193 g/mol. The minimum atomic E-state index is -0.00935. The highest BCUT2D eigenvalue weighted by molar-refractivity contribution is 5.96. The molecule has 1 heterocycles. The van der Waals surface area contributed by atoms with E-state index in [0.717, 1.165) is 19.3 Å². The minimum absolute atomic E-state index is 0.00935. The monoisotopic (exact) mass is 193 g/mol. The number of rotatable bonds is 2. The molecule has 1 aromatic rings. The molecule has 1 saturated carbocycles. The van der Waals surface area contributed by atoms with Crippen molar-refractivity contribution >= 4 is 5.78 Å². The molecule has 1 aliphatic rings. The van der Waals surface area contributed by atoms with Crippen molar-refractivity contribution in [3.05, 3.63) is 18.0 Å². The lowest BCUT2D eigenvalue weighted by Crippen LogP contribution is -2.30. The zero-order valence-electron chi connectivity index (χ0n) is 8.31. The molecule has 0 saturated heterocycles. The largest absolute Gasteiger partial charge is 0.327 e. The maximum atomic E-state index is 11.9. The number of ketones is 1. The maximum Gasteiger partial charge on any atom is 0.187 e. The van der Waals surface area contributed by atoms with Crippen LogP contribution in [-0.2, 0) is 7.05 Å². The predicted octanol–water partition coefficient (Wildman–Crippen LogP) is 0.730. The Bertz CT molecular complexity index is 345. The molecule has 14 heavy (non-hydrogen) atoms. The Kier molecular flexibility index (Phi) is 2.37. The van der Waals surface area contributed by atoms with Gasteiger partial charge in [-0.25, -0.2) is 0 Å². The van der Waals surface area contributed by atoms with Crippen molar-refractivity contribution < 1.29 is 4.79 Å². The second kappa shape index (κ2) is 3.53. The van der Waals surface area contributed by atoms with Crippen LogP contribution in [-0.4, -0.2) is 21.6 Å². The Balaban J connectivity index is 2.15. The first-order chi connectivity index (χ1) is 6.68. The topological polar surface area (TPSA) is 60.9 Å². The molecule has 76 valence electrons. The molecule has 0 aromatic carbocycles. The number of nitrogens with two attached hydrogens (primary N) is 1. The Labute approximate surface area is 83.1 Å². The molecule has 1 fully saturated rings. The lowest BCUT2D eigenvalue weighted by molar-refractivity contribution is 0.0907. The van der Waals surface area contributed by atoms with Gasteiger partial charge in [0, 0.05) is 25.2 Å². The molecule has 4 heteroatoms. The van der Waals surface area contributed by atoms with Gasteiger partial charge in [0.2, 0.25) is 0 Å². The van der Waals surface area contributed by atoms with Crippen LogP contribution in [0, 0.1) is 5.92 Å². The fourth-order valence-corrected chi connectivity index (χ4v) is 2.05. The standard InChI is InChI=1S/C10H15N3O/c1-13-6-5-9(12-13)10(14)7-3-2-4-8(7)11/h5-8H,2-4,11H2,1H3. The summed E-state index contributed by atoms with van der Waals surface area (Å²) in [6.45, 7) is 0. The Hall–Kier alpha value is -1.16. The molecule has 0 spiro atoms. The van der Waals surface area contributed by atoms with Crippen LogP contribution in [0.25, 0.3) is 0 Å². The molecule has 2 N–H and O–H groups in total. The molecule has 0 amide bonds. The molecule has 1 aliphatic carbocycles. The summed E-state index contributed by atoms with van der Waals surface area (Å²) in [7, 11) is 1.81. The van der Waals surface area contributed by atoms with Crippen LogP contribution in [0.5, 0.6) is 0 Å². The normalized spacial score (nSPS) is 26.7. The summed E-state index contributed by atoms with van der Waals surface area (Å²) in [6, 6.07) is 1.79. The van der Waals surface area contributed by atoms with Gasteiger partial charge in [0.15, 0.2) is 5.78 Å². The highest BCUT2D eigenvalue weighted by Crippen LogP contribution is 2.26.